The Morgan fingerprint density at radius 3 is 2.31 bits per heavy atom. The molecule has 26 heavy (non-hydrogen) atoms. The SMILES string of the molecule is Cc1ccn(Cc2ccc(C(=O)N3CCCCC3)cc2)c(=O)c1C(=O)O. The highest BCUT2D eigenvalue weighted by Crippen LogP contribution is 2.14. The second kappa shape index (κ2) is 7.56. The molecule has 1 N–H and O–H groups in total. The van der Waals surface area contributed by atoms with Crippen molar-refractivity contribution in [2.75, 3.05) is 13.1 Å². The summed E-state index contributed by atoms with van der Waals surface area (Å²) in [5, 5.41) is 9.20. The number of piperidine rings is 1. The molecular formula is C20H22N2O4. The van der Waals surface area contributed by atoms with Gasteiger partial charge in [0.2, 0.25) is 0 Å². The van der Waals surface area contributed by atoms with Crippen LogP contribution in [0.1, 0.15) is 51.1 Å². The molecule has 0 aliphatic carbocycles. The van der Waals surface area contributed by atoms with Gasteiger partial charge in [-0.2, -0.15) is 0 Å². The van der Waals surface area contributed by atoms with Crippen LogP contribution in [0.5, 0.6) is 0 Å². The third-order valence-corrected chi connectivity index (χ3v) is 4.78. The van der Waals surface area contributed by atoms with Gasteiger partial charge in [-0.3, -0.25) is 9.59 Å². The maximum absolute atomic E-state index is 12.5. The van der Waals surface area contributed by atoms with Crippen LogP contribution in [0.15, 0.2) is 41.3 Å². The monoisotopic (exact) mass is 354 g/mol. The summed E-state index contributed by atoms with van der Waals surface area (Å²) < 4.78 is 1.37. The number of benzene rings is 1. The fourth-order valence-corrected chi connectivity index (χ4v) is 3.28. The number of hydrogen-bond donors (Lipinski definition) is 1. The highest BCUT2D eigenvalue weighted by Gasteiger charge is 2.18. The number of aryl methyl sites for hydroxylation is 1. The molecule has 6 heteroatoms. The van der Waals surface area contributed by atoms with E-state index in [1.165, 1.54) is 11.0 Å². The molecule has 1 aliphatic rings. The summed E-state index contributed by atoms with van der Waals surface area (Å²) in [5.41, 5.74) is 1.19. The Balaban J connectivity index is 1.78. The molecule has 1 fully saturated rings. The molecule has 0 unspecified atom stereocenters. The normalized spacial score (nSPS) is 14.3. The molecule has 1 saturated heterocycles. The van der Waals surface area contributed by atoms with Crippen molar-refractivity contribution in [2.24, 2.45) is 0 Å². The van der Waals surface area contributed by atoms with E-state index in [0.29, 0.717) is 11.1 Å². The molecule has 1 aromatic heterocycles. The van der Waals surface area contributed by atoms with Gasteiger partial charge in [0.05, 0.1) is 6.54 Å². The summed E-state index contributed by atoms with van der Waals surface area (Å²) in [6.07, 6.45) is 4.86. The molecule has 1 aliphatic heterocycles. The van der Waals surface area contributed by atoms with Crippen LogP contribution in [0.25, 0.3) is 0 Å². The van der Waals surface area contributed by atoms with Gasteiger partial charge in [0.15, 0.2) is 0 Å². The van der Waals surface area contributed by atoms with Gasteiger partial charge >= 0.3 is 5.97 Å². The van der Waals surface area contributed by atoms with Crippen molar-refractivity contribution in [3.8, 4) is 0 Å². The van der Waals surface area contributed by atoms with Crippen molar-refractivity contribution in [2.45, 2.75) is 32.7 Å². The Labute approximate surface area is 151 Å². The van der Waals surface area contributed by atoms with Gasteiger partial charge in [0, 0.05) is 24.8 Å². The zero-order chi connectivity index (χ0) is 18.7. The van der Waals surface area contributed by atoms with E-state index in [-0.39, 0.29) is 18.0 Å². The molecule has 0 saturated carbocycles. The standard InChI is InChI=1S/C20H22N2O4/c1-14-9-12-22(19(24)17(14)20(25)26)13-15-5-7-16(8-6-15)18(23)21-10-3-2-4-11-21/h5-9,12H,2-4,10-11,13H2,1H3,(H,25,26). The minimum atomic E-state index is -1.22. The summed E-state index contributed by atoms with van der Waals surface area (Å²) in [5.74, 6) is -1.18. The Morgan fingerprint density at radius 2 is 1.69 bits per heavy atom. The first-order chi connectivity index (χ1) is 12.5. The number of aromatic nitrogens is 1. The van der Waals surface area contributed by atoms with E-state index in [2.05, 4.69) is 0 Å². The molecule has 0 radical (unpaired) electrons. The average molecular weight is 354 g/mol. The first-order valence-electron chi connectivity index (χ1n) is 8.79. The number of carbonyl (C=O) groups excluding carboxylic acids is 1. The second-order valence-electron chi connectivity index (χ2n) is 6.66. The van der Waals surface area contributed by atoms with Gasteiger partial charge < -0.3 is 14.6 Å². The molecule has 0 bridgehead atoms. The van der Waals surface area contributed by atoms with Gasteiger partial charge in [-0.05, 0) is 55.5 Å². The summed E-state index contributed by atoms with van der Waals surface area (Å²) in [7, 11) is 0. The molecule has 136 valence electrons. The van der Waals surface area contributed by atoms with Crippen LogP contribution in [0.2, 0.25) is 0 Å². The predicted octanol–water partition coefficient (Wildman–Crippen LogP) is 2.53. The second-order valence-corrected chi connectivity index (χ2v) is 6.66. The number of carboxylic acid groups (broad SMARTS) is 1. The number of rotatable bonds is 4. The quantitative estimate of drug-likeness (QED) is 0.915. The van der Waals surface area contributed by atoms with Crippen LogP contribution >= 0.6 is 0 Å². The van der Waals surface area contributed by atoms with E-state index in [9.17, 15) is 19.5 Å². The summed E-state index contributed by atoms with van der Waals surface area (Å²) in [6, 6.07) is 8.78. The molecule has 1 amide bonds. The van der Waals surface area contributed by atoms with E-state index in [1.54, 1.807) is 31.3 Å². The van der Waals surface area contributed by atoms with E-state index in [1.807, 2.05) is 17.0 Å². The summed E-state index contributed by atoms with van der Waals surface area (Å²) in [6.45, 7) is 3.47. The van der Waals surface area contributed by atoms with Crippen LogP contribution in [0, 0.1) is 6.92 Å². The summed E-state index contributed by atoms with van der Waals surface area (Å²) >= 11 is 0. The van der Waals surface area contributed by atoms with Crippen LogP contribution < -0.4 is 5.56 Å². The molecule has 2 aromatic rings. The molecule has 1 aromatic carbocycles. The number of carbonyl (C=O) groups is 2. The van der Waals surface area contributed by atoms with Gasteiger partial charge in [0.25, 0.3) is 11.5 Å². The maximum atomic E-state index is 12.5. The van der Waals surface area contributed by atoms with Gasteiger partial charge in [-0.25, -0.2) is 4.79 Å². The Hall–Kier alpha value is -2.89. The third kappa shape index (κ3) is 3.69. The summed E-state index contributed by atoms with van der Waals surface area (Å²) in [4.78, 5) is 38.0. The lowest BCUT2D eigenvalue weighted by Crippen LogP contribution is -2.35. The Morgan fingerprint density at radius 1 is 1.04 bits per heavy atom. The van der Waals surface area contributed by atoms with Crippen molar-refractivity contribution in [3.05, 3.63) is 69.1 Å². The van der Waals surface area contributed by atoms with E-state index < -0.39 is 11.5 Å². The van der Waals surface area contributed by atoms with Crippen LogP contribution in [-0.4, -0.2) is 39.5 Å². The first-order valence-corrected chi connectivity index (χ1v) is 8.79. The third-order valence-electron chi connectivity index (χ3n) is 4.78. The zero-order valence-electron chi connectivity index (χ0n) is 14.8. The van der Waals surface area contributed by atoms with E-state index in [0.717, 1.165) is 31.5 Å². The predicted molar refractivity (Wildman–Crippen MR) is 97.7 cm³/mol. The number of amides is 1. The number of likely N-dealkylation sites (tertiary alicyclic amines) is 1. The van der Waals surface area contributed by atoms with Crippen molar-refractivity contribution in [1.82, 2.24) is 9.47 Å². The average Bonchev–Trinajstić information content (AvgIpc) is 2.64. The minimum Gasteiger partial charge on any atom is -0.477 e. The smallest absolute Gasteiger partial charge is 0.341 e. The molecule has 0 spiro atoms. The Bertz CT molecular complexity index is 878. The first kappa shape index (κ1) is 17.9. The van der Waals surface area contributed by atoms with Gasteiger partial charge in [-0.1, -0.05) is 12.1 Å². The lowest BCUT2D eigenvalue weighted by Gasteiger charge is -2.26. The molecule has 6 nitrogen and oxygen atoms in total. The number of pyridine rings is 1. The minimum absolute atomic E-state index is 0.0388. The van der Waals surface area contributed by atoms with Gasteiger partial charge in [0.1, 0.15) is 5.56 Å². The van der Waals surface area contributed by atoms with Crippen molar-refractivity contribution in [1.29, 1.82) is 0 Å². The van der Waals surface area contributed by atoms with Crippen molar-refractivity contribution < 1.29 is 14.7 Å². The number of aromatic carboxylic acids is 1. The zero-order valence-corrected chi connectivity index (χ0v) is 14.8. The van der Waals surface area contributed by atoms with Crippen molar-refractivity contribution in [3.63, 3.8) is 0 Å². The van der Waals surface area contributed by atoms with Crippen molar-refractivity contribution >= 4 is 11.9 Å². The fourth-order valence-electron chi connectivity index (χ4n) is 3.28. The highest BCUT2D eigenvalue weighted by atomic mass is 16.4. The van der Waals surface area contributed by atoms with Gasteiger partial charge in [-0.15, -0.1) is 0 Å². The number of carboxylic acids is 1. The fraction of sp³-hybridized carbons (Fsp3) is 0.350. The van der Waals surface area contributed by atoms with E-state index >= 15 is 0 Å². The van der Waals surface area contributed by atoms with Crippen LogP contribution in [0.3, 0.4) is 0 Å². The maximum Gasteiger partial charge on any atom is 0.341 e. The molecule has 2 heterocycles. The van der Waals surface area contributed by atoms with Crippen LogP contribution in [0.4, 0.5) is 0 Å². The molecule has 0 atom stereocenters. The number of nitrogens with zero attached hydrogens (tertiary/aromatic N) is 2. The van der Waals surface area contributed by atoms with Crippen LogP contribution in [-0.2, 0) is 6.54 Å². The molecular weight excluding hydrogens is 332 g/mol. The number of hydrogen-bond acceptors (Lipinski definition) is 3. The largest absolute Gasteiger partial charge is 0.477 e. The lowest BCUT2D eigenvalue weighted by atomic mass is 10.1. The Kier molecular flexibility index (Phi) is 5.21. The van der Waals surface area contributed by atoms with E-state index in [4.69, 9.17) is 0 Å². The molecule has 3 rings (SSSR count). The lowest BCUT2D eigenvalue weighted by molar-refractivity contribution is 0.0691. The highest BCUT2D eigenvalue weighted by molar-refractivity contribution is 5.94. The topological polar surface area (TPSA) is 79.6 Å².